The van der Waals surface area contributed by atoms with Gasteiger partial charge in [-0.15, -0.1) is 0 Å². The molecule has 0 bridgehead atoms. The minimum atomic E-state index is -0.245. The summed E-state index contributed by atoms with van der Waals surface area (Å²) in [6.45, 7) is 3.65. The van der Waals surface area contributed by atoms with Gasteiger partial charge in [-0.05, 0) is 59.9 Å². The summed E-state index contributed by atoms with van der Waals surface area (Å²) in [6.07, 6.45) is 5.45. The Morgan fingerprint density at radius 1 is 0.950 bits per heavy atom. The maximum Gasteiger partial charge on any atom is 0.274 e. The van der Waals surface area contributed by atoms with E-state index in [-0.39, 0.29) is 5.91 Å². The lowest BCUT2D eigenvalue weighted by Gasteiger charge is -2.31. The number of aryl methyl sites for hydroxylation is 2. The number of para-hydroxylation sites is 2. The van der Waals surface area contributed by atoms with Gasteiger partial charge in [-0.1, -0.05) is 48.5 Å². The monoisotopic (exact) mass is 532 g/mol. The molecule has 8 heteroatoms. The van der Waals surface area contributed by atoms with Crippen LogP contribution in [0.4, 0.5) is 11.4 Å². The first-order valence-corrected chi connectivity index (χ1v) is 13.6. The predicted molar refractivity (Wildman–Crippen MR) is 158 cm³/mol. The van der Waals surface area contributed by atoms with Crippen molar-refractivity contribution in [1.29, 1.82) is 0 Å². The molecule has 2 aromatic heterocycles. The Morgan fingerprint density at radius 3 is 2.58 bits per heavy atom. The van der Waals surface area contributed by atoms with Gasteiger partial charge in [-0.25, -0.2) is 9.50 Å². The second kappa shape index (κ2) is 11.6. The number of hydrogen-bond donors (Lipinski definition) is 2. The molecule has 2 N–H and O–H groups in total. The number of piperazine rings is 1. The van der Waals surface area contributed by atoms with Crippen LogP contribution in [0.1, 0.15) is 21.6 Å². The number of ether oxygens (including phenoxy) is 1. The Balaban J connectivity index is 1.19. The van der Waals surface area contributed by atoms with Crippen LogP contribution in [-0.2, 0) is 12.8 Å². The summed E-state index contributed by atoms with van der Waals surface area (Å²) in [6, 6.07) is 26.3. The van der Waals surface area contributed by atoms with Gasteiger partial charge in [0.15, 0.2) is 5.65 Å². The molecular formula is C32H32N6O2. The normalized spacial score (nSPS) is 13.4. The van der Waals surface area contributed by atoms with Crippen LogP contribution in [0, 0.1) is 0 Å². The number of amides is 1. The van der Waals surface area contributed by atoms with Crippen LogP contribution in [0.2, 0.25) is 0 Å². The van der Waals surface area contributed by atoms with Gasteiger partial charge in [0.05, 0.1) is 24.7 Å². The molecule has 3 aromatic carbocycles. The van der Waals surface area contributed by atoms with Gasteiger partial charge in [-0.2, -0.15) is 5.10 Å². The number of carbonyl (C=O) groups is 1. The van der Waals surface area contributed by atoms with Gasteiger partial charge in [0.1, 0.15) is 11.4 Å². The summed E-state index contributed by atoms with van der Waals surface area (Å²) in [5.74, 6) is 0.635. The van der Waals surface area contributed by atoms with E-state index in [9.17, 15) is 4.79 Å². The molecule has 1 aliphatic rings. The number of nitrogens with one attached hydrogen (secondary N) is 2. The zero-order chi connectivity index (χ0) is 27.3. The predicted octanol–water partition coefficient (Wildman–Crippen LogP) is 4.85. The number of aromatic nitrogens is 3. The van der Waals surface area contributed by atoms with E-state index < -0.39 is 0 Å². The Labute approximate surface area is 233 Å². The molecule has 1 aliphatic heterocycles. The summed E-state index contributed by atoms with van der Waals surface area (Å²) in [4.78, 5) is 20.3. The van der Waals surface area contributed by atoms with Gasteiger partial charge in [0.25, 0.3) is 5.91 Å². The maximum absolute atomic E-state index is 13.3. The van der Waals surface area contributed by atoms with Crippen molar-refractivity contribution in [1.82, 2.24) is 19.9 Å². The molecule has 8 nitrogen and oxygen atoms in total. The zero-order valence-corrected chi connectivity index (χ0v) is 22.5. The number of hydrogen-bond acceptors (Lipinski definition) is 6. The summed E-state index contributed by atoms with van der Waals surface area (Å²) in [7, 11) is 1.69. The number of rotatable bonds is 8. The molecule has 6 rings (SSSR count). The Hall–Kier alpha value is -4.69. The van der Waals surface area contributed by atoms with Crippen molar-refractivity contribution in [2.24, 2.45) is 0 Å². The molecule has 202 valence electrons. The number of fused-ring (bicyclic) bond motifs is 1. The minimum absolute atomic E-state index is 0.245. The summed E-state index contributed by atoms with van der Waals surface area (Å²) in [5, 5.41) is 10.9. The van der Waals surface area contributed by atoms with Gasteiger partial charge >= 0.3 is 0 Å². The largest absolute Gasteiger partial charge is 0.497 e. The first kappa shape index (κ1) is 25.6. The van der Waals surface area contributed by atoms with Crippen molar-refractivity contribution in [3.8, 4) is 16.9 Å². The molecule has 0 saturated carbocycles. The fourth-order valence-corrected chi connectivity index (χ4v) is 5.11. The highest BCUT2D eigenvalue weighted by Gasteiger charge is 2.18. The summed E-state index contributed by atoms with van der Waals surface area (Å²) < 4.78 is 7.05. The highest BCUT2D eigenvalue weighted by atomic mass is 16.5. The fourth-order valence-electron chi connectivity index (χ4n) is 5.11. The van der Waals surface area contributed by atoms with Gasteiger partial charge in [0.2, 0.25) is 0 Å². The second-order valence-corrected chi connectivity index (χ2v) is 9.90. The third-order valence-electron chi connectivity index (χ3n) is 7.31. The first-order chi connectivity index (χ1) is 19.7. The van der Waals surface area contributed by atoms with Crippen molar-refractivity contribution in [2.75, 3.05) is 43.5 Å². The van der Waals surface area contributed by atoms with E-state index in [0.29, 0.717) is 11.3 Å². The number of benzene rings is 3. The van der Waals surface area contributed by atoms with Crippen LogP contribution >= 0.6 is 0 Å². The van der Waals surface area contributed by atoms with E-state index in [2.05, 4.69) is 57.0 Å². The number of methoxy groups -OCH3 is 1. The number of anilines is 2. The Morgan fingerprint density at radius 2 is 1.75 bits per heavy atom. The summed E-state index contributed by atoms with van der Waals surface area (Å²) >= 11 is 0. The standard InChI is InChI=1S/C32H32N6O2/c1-40-26-6-4-5-24(21-26)10-9-23-11-13-25(14-12-23)27-22-34-38-18-15-29(35-31(27)38)32(39)36-28-7-2-3-8-30(28)37-19-16-33-17-20-37/h2-8,11-15,18,21-22,33H,9-10,16-17,19-20H2,1H3,(H,36,39). The molecule has 1 amide bonds. The average molecular weight is 533 g/mol. The minimum Gasteiger partial charge on any atom is -0.497 e. The zero-order valence-electron chi connectivity index (χ0n) is 22.5. The lowest BCUT2D eigenvalue weighted by molar-refractivity contribution is 0.102. The first-order valence-electron chi connectivity index (χ1n) is 13.6. The van der Waals surface area contributed by atoms with Crippen molar-refractivity contribution in [2.45, 2.75) is 12.8 Å². The van der Waals surface area contributed by atoms with Crippen molar-refractivity contribution >= 4 is 22.9 Å². The van der Waals surface area contributed by atoms with Crippen LogP contribution in [0.15, 0.2) is 91.3 Å². The Bertz CT molecular complexity index is 1620. The van der Waals surface area contributed by atoms with Crippen LogP contribution in [-0.4, -0.2) is 53.8 Å². The molecule has 40 heavy (non-hydrogen) atoms. The van der Waals surface area contributed by atoms with Crippen LogP contribution in [0.25, 0.3) is 16.8 Å². The molecule has 1 fully saturated rings. The number of nitrogens with zero attached hydrogens (tertiary/aromatic N) is 4. The summed E-state index contributed by atoms with van der Waals surface area (Å²) in [5.41, 5.74) is 7.19. The molecule has 0 atom stereocenters. The molecule has 0 aliphatic carbocycles. The molecule has 0 unspecified atom stereocenters. The second-order valence-electron chi connectivity index (χ2n) is 9.90. The molecule has 0 radical (unpaired) electrons. The number of carbonyl (C=O) groups excluding carboxylic acids is 1. The maximum atomic E-state index is 13.3. The topological polar surface area (TPSA) is 83.8 Å². The van der Waals surface area contributed by atoms with Crippen molar-refractivity contribution < 1.29 is 9.53 Å². The third kappa shape index (κ3) is 5.53. The van der Waals surface area contributed by atoms with Gasteiger partial charge in [-0.3, -0.25) is 4.79 Å². The highest BCUT2D eigenvalue weighted by Crippen LogP contribution is 2.27. The average Bonchev–Trinajstić information content (AvgIpc) is 3.44. The third-order valence-corrected chi connectivity index (χ3v) is 7.31. The van der Waals surface area contributed by atoms with Crippen molar-refractivity contribution in [3.63, 3.8) is 0 Å². The molecule has 5 aromatic rings. The molecule has 3 heterocycles. The van der Waals surface area contributed by atoms with Crippen molar-refractivity contribution in [3.05, 3.63) is 108 Å². The van der Waals surface area contributed by atoms with E-state index in [1.165, 1.54) is 11.1 Å². The van der Waals surface area contributed by atoms with E-state index in [1.54, 1.807) is 30.1 Å². The molecule has 0 spiro atoms. The van der Waals surface area contributed by atoms with E-state index in [0.717, 1.165) is 67.3 Å². The Kier molecular flexibility index (Phi) is 7.41. The van der Waals surface area contributed by atoms with Gasteiger partial charge in [0, 0.05) is 37.9 Å². The fraction of sp³-hybridized carbons (Fsp3) is 0.219. The van der Waals surface area contributed by atoms with E-state index in [1.807, 2.05) is 36.4 Å². The van der Waals surface area contributed by atoms with Crippen LogP contribution in [0.3, 0.4) is 0 Å². The quantitative estimate of drug-likeness (QED) is 0.297. The van der Waals surface area contributed by atoms with E-state index in [4.69, 9.17) is 9.72 Å². The lowest BCUT2D eigenvalue weighted by Crippen LogP contribution is -2.43. The van der Waals surface area contributed by atoms with E-state index >= 15 is 0 Å². The molecular weight excluding hydrogens is 500 g/mol. The molecule has 1 saturated heterocycles. The van der Waals surface area contributed by atoms with Crippen LogP contribution in [0.5, 0.6) is 5.75 Å². The SMILES string of the molecule is COc1cccc(CCc2ccc(-c3cnn4ccc(C(=O)Nc5ccccc5N5CCNCC5)nc34)cc2)c1. The highest BCUT2D eigenvalue weighted by molar-refractivity contribution is 6.05. The van der Waals surface area contributed by atoms with Gasteiger partial charge < -0.3 is 20.3 Å². The lowest BCUT2D eigenvalue weighted by atomic mass is 10.0. The smallest absolute Gasteiger partial charge is 0.274 e. The van der Waals surface area contributed by atoms with Crippen LogP contribution < -0.4 is 20.3 Å².